The highest BCUT2D eigenvalue weighted by Crippen LogP contribution is 2.09. The average Bonchev–Trinajstić information content (AvgIpc) is 2.92. The Bertz CT molecular complexity index is 838. The van der Waals surface area contributed by atoms with Crippen molar-refractivity contribution in [1.82, 2.24) is 9.88 Å². The molecule has 0 atom stereocenters. The fraction of sp³-hybridized carbons (Fsp3) is 0.250. The molecule has 2 aromatic rings. The number of ether oxygens (including phenoxy) is 1. The van der Waals surface area contributed by atoms with E-state index in [4.69, 9.17) is 4.74 Å². The van der Waals surface area contributed by atoms with Gasteiger partial charge in [-0.3, -0.25) is 23.7 Å². The zero-order chi connectivity index (χ0) is 18.4. The van der Waals surface area contributed by atoms with Crippen LogP contribution in [0.25, 0.3) is 0 Å². The van der Waals surface area contributed by atoms with Gasteiger partial charge in [0.1, 0.15) is 6.54 Å². The van der Waals surface area contributed by atoms with E-state index in [1.54, 1.807) is 36.6 Å². The first-order chi connectivity index (χ1) is 11.9. The van der Waals surface area contributed by atoms with Gasteiger partial charge in [-0.05, 0) is 31.2 Å². The standard InChI is InChI=1S/C16H17N3O5S/c1-10-9-25-16(23)19(10)7-14(21)24-8-13(20)18-12-5-3-11(4-6-12)15(22)17-2/h3-6,9H,7-8H2,1-2H3,(H,17,22)(H,18,20). The number of nitrogens with zero attached hydrogens (tertiary/aromatic N) is 1. The Morgan fingerprint density at radius 1 is 1.20 bits per heavy atom. The summed E-state index contributed by atoms with van der Waals surface area (Å²) in [5.74, 6) is -1.42. The monoisotopic (exact) mass is 363 g/mol. The van der Waals surface area contributed by atoms with Crippen LogP contribution in [0.15, 0.2) is 34.4 Å². The average molecular weight is 363 g/mol. The first-order valence-corrected chi connectivity index (χ1v) is 8.21. The molecule has 0 aliphatic rings. The van der Waals surface area contributed by atoms with Gasteiger partial charge in [0.25, 0.3) is 11.8 Å². The summed E-state index contributed by atoms with van der Waals surface area (Å²) in [6.07, 6.45) is 0. The first-order valence-electron chi connectivity index (χ1n) is 7.33. The van der Waals surface area contributed by atoms with Crippen molar-refractivity contribution in [3.05, 3.63) is 50.6 Å². The summed E-state index contributed by atoms with van der Waals surface area (Å²) in [4.78, 5) is 46.2. The second-order valence-electron chi connectivity index (χ2n) is 5.09. The quantitative estimate of drug-likeness (QED) is 0.737. The number of esters is 1. The lowest BCUT2D eigenvalue weighted by molar-refractivity contribution is -0.147. The maximum Gasteiger partial charge on any atom is 0.326 e. The summed E-state index contributed by atoms with van der Waals surface area (Å²) >= 11 is 0.996. The number of carbonyl (C=O) groups excluding carboxylic acids is 3. The van der Waals surface area contributed by atoms with E-state index in [0.29, 0.717) is 16.9 Å². The van der Waals surface area contributed by atoms with Crippen LogP contribution < -0.4 is 15.5 Å². The van der Waals surface area contributed by atoms with Crippen molar-refractivity contribution >= 4 is 34.8 Å². The molecule has 1 aromatic carbocycles. The number of anilines is 1. The molecule has 9 heteroatoms. The second-order valence-corrected chi connectivity index (χ2v) is 5.92. The van der Waals surface area contributed by atoms with Gasteiger partial charge in [0.05, 0.1) is 0 Å². The fourth-order valence-electron chi connectivity index (χ4n) is 1.96. The lowest BCUT2D eigenvalue weighted by Crippen LogP contribution is -2.26. The molecular formula is C16H17N3O5S. The molecule has 0 bridgehead atoms. The molecule has 0 aliphatic carbocycles. The minimum Gasteiger partial charge on any atom is -0.454 e. The molecule has 0 aliphatic heterocycles. The van der Waals surface area contributed by atoms with Gasteiger partial charge in [-0.25, -0.2) is 0 Å². The summed E-state index contributed by atoms with van der Waals surface area (Å²) in [6, 6.07) is 6.26. The van der Waals surface area contributed by atoms with Crippen molar-refractivity contribution < 1.29 is 19.1 Å². The second kappa shape index (κ2) is 8.25. The van der Waals surface area contributed by atoms with E-state index in [2.05, 4.69) is 10.6 Å². The molecule has 0 saturated carbocycles. The molecule has 0 saturated heterocycles. The van der Waals surface area contributed by atoms with Crippen LogP contribution in [0.1, 0.15) is 16.1 Å². The predicted molar refractivity (Wildman–Crippen MR) is 92.7 cm³/mol. The first kappa shape index (κ1) is 18.4. The van der Waals surface area contributed by atoms with E-state index in [9.17, 15) is 19.2 Å². The van der Waals surface area contributed by atoms with Gasteiger partial charge < -0.3 is 15.4 Å². The molecule has 25 heavy (non-hydrogen) atoms. The number of carbonyl (C=O) groups is 3. The number of nitrogens with one attached hydrogen (secondary N) is 2. The van der Waals surface area contributed by atoms with E-state index in [1.165, 1.54) is 11.6 Å². The molecule has 1 heterocycles. The highest BCUT2D eigenvalue weighted by molar-refractivity contribution is 7.07. The van der Waals surface area contributed by atoms with Crippen molar-refractivity contribution in [3.63, 3.8) is 0 Å². The lowest BCUT2D eigenvalue weighted by Gasteiger charge is -2.08. The Balaban J connectivity index is 1.83. The van der Waals surface area contributed by atoms with Gasteiger partial charge in [0, 0.05) is 29.4 Å². The predicted octanol–water partition coefficient (Wildman–Crippen LogP) is 0.760. The van der Waals surface area contributed by atoms with Gasteiger partial charge in [0.15, 0.2) is 6.61 Å². The highest BCUT2D eigenvalue weighted by atomic mass is 32.1. The molecule has 0 radical (unpaired) electrons. The Kier molecular flexibility index (Phi) is 6.07. The number of hydrogen-bond donors (Lipinski definition) is 2. The Labute approximate surface area is 147 Å². The van der Waals surface area contributed by atoms with Crippen LogP contribution in [0.4, 0.5) is 5.69 Å². The maximum atomic E-state index is 11.8. The van der Waals surface area contributed by atoms with Gasteiger partial charge in [0.2, 0.25) is 0 Å². The molecule has 0 spiro atoms. The minimum atomic E-state index is -0.672. The zero-order valence-electron chi connectivity index (χ0n) is 13.7. The van der Waals surface area contributed by atoms with Crippen LogP contribution in [0.5, 0.6) is 0 Å². The van der Waals surface area contributed by atoms with Crippen molar-refractivity contribution in [2.24, 2.45) is 0 Å². The van der Waals surface area contributed by atoms with Crippen LogP contribution in [0.2, 0.25) is 0 Å². The summed E-state index contributed by atoms with van der Waals surface area (Å²) in [5, 5.41) is 6.69. The molecule has 0 fully saturated rings. The van der Waals surface area contributed by atoms with Crippen molar-refractivity contribution in [2.45, 2.75) is 13.5 Å². The summed E-state index contributed by atoms with van der Waals surface area (Å²) in [6.45, 7) is 1.01. The SMILES string of the molecule is CNC(=O)c1ccc(NC(=O)COC(=O)Cn2c(C)csc2=O)cc1. The van der Waals surface area contributed by atoms with Crippen molar-refractivity contribution in [1.29, 1.82) is 0 Å². The fourth-order valence-corrected chi connectivity index (χ4v) is 2.70. The summed E-state index contributed by atoms with van der Waals surface area (Å²) in [7, 11) is 1.53. The minimum absolute atomic E-state index is 0.231. The van der Waals surface area contributed by atoms with E-state index < -0.39 is 18.5 Å². The Morgan fingerprint density at radius 3 is 2.44 bits per heavy atom. The number of benzene rings is 1. The van der Waals surface area contributed by atoms with Crippen molar-refractivity contribution in [3.8, 4) is 0 Å². The molecule has 8 nitrogen and oxygen atoms in total. The lowest BCUT2D eigenvalue weighted by atomic mass is 10.2. The number of rotatable bonds is 6. The number of amides is 2. The van der Waals surface area contributed by atoms with E-state index in [0.717, 1.165) is 11.3 Å². The Hall–Kier alpha value is -2.94. The molecule has 132 valence electrons. The number of hydrogen-bond acceptors (Lipinski definition) is 6. The van der Waals surface area contributed by atoms with Crippen LogP contribution in [0, 0.1) is 6.92 Å². The van der Waals surface area contributed by atoms with Gasteiger partial charge >= 0.3 is 10.8 Å². The van der Waals surface area contributed by atoms with Gasteiger partial charge in [-0.1, -0.05) is 11.3 Å². The largest absolute Gasteiger partial charge is 0.454 e. The van der Waals surface area contributed by atoms with Gasteiger partial charge in [-0.2, -0.15) is 0 Å². The third-order valence-corrected chi connectivity index (χ3v) is 4.17. The van der Waals surface area contributed by atoms with Crippen LogP contribution in [0.3, 0.4) is 0 Å². The highest BCUT2D eigenvalue weighted by Gasteiger charge is 2.12. The molecule has 2 N–H and O–H groups in total. The molecule has 2 amide bonds. The normalized spacial score (nSPS) is 10.2. The Morgan fingerprint density at radius 2 is 1.88 bits per heavy atom. The zero-order valence-corrected chi connectivity index (χ0v) is 14.5. The van der Waals surface area contributed by atoms with Crippen LogP contribution in [-0.2, 0) is 20.9 Å². The van der Waals surface area contributed by atoms with Gasteiger partial charge in [-0.15, -0.1) is 0 Å². The maximum absolute atomic E-state index is 11.8. The van der Waals surface area contributed by atoms with E-state index in [1.807, 2.05) is 0 Å². The van der Waals surface area contributed by atoms with E-state index in [-0.39, 0.29) is 17.3 Å². The van der Waals surface area contributed by atoms with Crippen molar-refractivity contribution in [2.75, 3.05) is 19.0 Å². The summed E-state index contributed by atoms with van der Waals surface area (Å²) < 4.78 is 6.15. The van der Waals surface area contributed by atoms with Crippen LogP contribution in [-0.4, -0.2) is 36.0 Å². The third kappa shape index (κ3) is 5.01. The molecule has 0 unspecified atom stereocenters. The molecular weight excluding hydrogens is 346 g/mol. The molecule has 1 aromatic heterocycles. The number of aromatic nitrogens is 1. The molecule has 2 rings (SSSR count). The summed E-state index contributed by atoms with van der Waals surface area (Å²) in [5.41, 5.74) is 1.59. The van der Waals surface area contributed by atoms with Crippen LogP contribution >= 0.6 is 11.3 Å². The smallest absolute Gasteiger partial charge is 0.326 e. The number of aryl methyl sites for hydroxylation is 1. The topological polar surface area (TPSA) is 106 Å². The number of thiazole rings is 1. The third-order valence-electron chi connectivity index (χ3n) is 3.29. The van der Waals surface area contributed by atoms with E-state index >= 15 is 0 Å².